The van der Waals surface area contributed by atoms with Crippen molar-refractivity contribution in [3.8, 4) is 6.07 Å². The second kappa shape index (κ2) is 8.94. The standard InChI is InChI=1S/C21H14Cl2FN3O3S/c1-27(16-6-3-14(24)4-7-16)31(29,30)17-8-9-19(22)18(11-17)21(28)26-15-5-2-13(12-25)20(23)10-15/h2-11H,1H3,(H,26,28). The maximum Gasteiger partial charge on any atom is 0.264 e. The van der Waals surface area contributed by atoms with E-state index in [9.17, 15) is 17.6 Å². The Bertz CT molecular complexity index is 1310. The van der Waals surface area contributed by atoms with Gasteiger partial charge in [0.25, 0.3) is 15.9 Å². The van der Waals surface area contributed by atoms with E-state index in [1.807, 2.05) is 6.07 Å². The fraction of sp³-hybridized carbons (Fsp3) is 0.0476. The number of anilines is 2. The van der Waals surface area contributed by atoms with Crippen molar-refractivity contribution < 1.29 is 17.6 Å². The van der Waals surface area contributed by atoms with E-state index in [1.54, 1.807) is 0 Å². The Labute approximate surface area is 188 Å². The maximum absolute atomic E-state index is 13.2. The van der Waals surface area contributed by atoms with Gasteiger partial charge in [-0.3, -0.25) is 9.10 Å². The molecule has 0 radical (unpaired) electrons. The molecule has 0 saturated carbocycles. The lowest BCUT2D eigenvalue weighted by atomic mass is 10.2. The molecule has 10 heteroatoms. The molecule has 0 fully saturated rings. The molecule has 0 aliphatic carbocycles. The SMILES string of the molecule is CN(c1ccc(F)cc1)S(=O)(=O)c1ccc(Cl)c(C(=O)Nc2ccc(C#N)c(Cl)c2)c1. The maximum atomic E-state index is 13.2. The summed E-state index contributed by atoms with van der Waals surface area (Å²) in [7, 11) is -2.74. The van der Waals surface area contributed by atoms with Crippen LogP contribution >= 0.6 is 23.2 Å². The molecule has 6 nitrogen and oxygen atoms in total. The minimum atomic E-state index is -4.05. The molecule has 31 heavy (non-hydrogen) atoms. The molecule has 0 atom stereocenters. The van der Waals surface area contributed by atoms with Crippen molar-refractivity contribution >= 4 is 50.5 Å². The number of benzene rings is 3. The first-order valence-electron chi connectivity index (χ1n) is 8.68. The van der Waals surface area contributed by atoms with Gasteiger partial charge in [-0.1, -0.05) is 23.2 Å². The van der Waals surface area contributed by atoms with Gasteiger partial charge in [0, 0.05) is 12.7 Å². The van der Waals surface area contributed by atoms with Crippen LogP contribution in [0.25, 0.3) is 0 Å². The van der Waals surface area contributed by atoms with Crippen LogP contribution in [-0.4, -0.2) is 21.4 Å². The molecule has 0 saturated heterocycles. The zero-order chi connectivity index (χ0) is 22.8. The van der Waals surface area contributed by atoms with E-state index >= 15 is 0 Å². The number of carbonyl (C=O) groups is 1. The van der Waals surface area contributed by atoms with Crippen LogP contribution < -0.4 is 9.62 Å². The molecule has 3 aromatic rings. The average molecular weight is 478 g/mol. The third-order valence-corrected chi connectivity index (χ3v) is 6.80. The fourth-order valence-corrected chi connectivity index (χ4v) is 4.32. The predicted molar refractivity (Wildman–Crippen MR) is 118 cm³/mol. The van der Waals surface area contributed by atoms with Gasteiger partial charge in [-0.05, 0) is 60.7 Å². The van der Waals surface area contributed by atoms with Crippen molar-refractivity contribution in [2.75, 3.05) is 16.7 Å². The summed E-state index contributed by atoms with van der Waals surface area (Å²) in [4.78, 5) is 12.5. The van der Waals surface area contributed by atoms with E-state index in [2.05, 4.69) is 5.32 Å². The molecular formula is C21H14Cl2FN3O3S. The summed E-state index contributed by atoms with van der Waals surface area (Å²) in [5.41, 5.74) is 0.724. The lowest BCUT2D eigenvalue weighted by Crippen LogP contribution is -2.27. The topological polar surface area (TPSA) is 90.3 Å². The molecular weight excluding hydrogens is 464 g/mol. The van der Waals surface area contributed by atoms with Gasteiger partial charge in [0.15, 0.2) is 0 Å². The molecule has 0 aromatic heterocycles. The third-order valence-electron chi connectivity index (χ3n) is 4.38. The first kappa shape index (κ1) is 22.6. The molecule has 0 heterocycles. The molecule has 3 aromatic carbocycles. The van der Waals surface area contributed by atoms with E-state index < -0.39 is 21.7 Å². The monoisotopic (exact) mass is 477 g/mol. The summed E-state index contributed by atoms with van der Waals surface area (Å²) in [6.45, 7) is 0. The number of hydrogen-bond acceptors (Lipinski definition) is 4. The normalized spacial score (nSPS) is 10.9. The largest absolute Gasteiger partial charge is 0.322 e. The number of sulfonamides is 1. The Balaban J connectivity index is 1.92. The van der Waals surface area contributed by atoms with E-state index in [-0.39, 0.29) is 31.8 Å². The van der Waals surface area contributed by atoms with Crippen LogP contribution in [0.5, 0.6) is 0 Å². The minimum absolute atomic E-state index is 0.0422. The Kier molecular flexibility index (Phi) is 6.51. The highest BCUT2D eigenvalue weighted by atomic mass is 35.5. The van der Waals surface area contributed by atoms with Gasteiger partial charge in [-0.15, -0.1) is 0 Å². The summed E-state index contributed by atoms with van der Waals surface area (Å²) >= 11 is 12.1. The quantitative estimate of drug-likeness (QED) is 0.554. The van der Waals surface area contributed by atoms with Crippen LogP contribution in [0.2, 0.25) is 10.0 Å². The second-order valence-corrected chi connectivity index (χ2v) is 9.13. The number of rotatable bonds is 5. The van der Waals surface area contributed by atoms with E-state index in [0.717, 1.165) is 22.5 Å². The van der Waals surface area contributed by atoms with Gasteiger partial charge in [-0.25, -0.2) is 12.8 Å². The Morgan fingerprint density at radius 1 is 1.03 bits per heavy atom. The van der Waals surface area contributed by atoms with Gasteiger partial charge in [0.05, 0.1) is 31.8 Å². The van der Waals surface area contributed by atoms with Crippen LogP contribution in [0.15, 0.2) is 65.6 Å². The molecule has 3 rings (SSSR count). The Morgan fingerprint density at radius 2 is 1.71 bits per heavy atom. The molecule has 158 valence electrons. The smallest absolute Gasteiger partial charge is 0.264 e. The first-order valence-corrected chi connectivity index (χ1v) is 10.9. The third kappa shape index (κ3) is 4.80. The van der Waals surface area contributed by atoms with Crippen molar-refractivity contribution in [2.45, 2.75) is 4.90 Å². The summed E-state index contributed by atoms with van der Waals surface area (Å²) in [6, 6.07) is 14.9. The van der Waals surface area contributed by atoms with Crippen molar-refractivity contribution in [3.05, 3.63) is 87.7 Å². The van der Waals surface area contributed by atoms with Gasteiger partial charge >= 0.3 is 0 Å². The lowest BCUT2D eigenvalue weighted by Gasteiger charge is -2.20. The zero-order valence-electron chi connectivity index (χ0n) is 15.9. The summed E-state index contributed by atoms with van der Waals surface area (Å²) in [5.74, 6) is -1.16. The lowest BCUT2D eigenvalue weighted by molar-refractivity contribution is 0.102. The highest BCUT2D eigenvalue weighted by Gasteiger charge is 2.24. The first-order chi connectivity index (χ1) is 14.6. The number of amides is 1. The highest BCUT2D eigenvalue weighted by molar-refractivity contribution is 7.92. The van der Waals surface area contributed by atoms with Crippen LogP contribution in [0.1, 0.15) is 15.9 Å². The molecule has 1 amide bonds. The van der Waals surface area contributed by atoms with Crippen LogP contribution in [0.4, 0.5) is 15.8 Å². The van der Waals surface area contributed by atoms with Crippen LogP contribution in [0, 0.1) is 17.1 Å². The highest BCUT2D eigenvalue weighted by Crippen LogP contribution is 2.27. The van der Waals surface area contributed by atoms with Crippen molar-refractivity contribution in [1.29, 1.82) is 5.26 Å². The number of carbonyl (C=O) groups excluding carboxylic acids is 1. The van der Waals surface area contributed by atoms with Crippen LogP contribution in [0.3, 0.4) is 0 Å². The molecule has 0 unspecified atom stereocenters. The van der Waals surface area contributed by atoms with E-state index in [4.69, 9.17) is 28.5 Å². The number of nitrogens with one attached hydrogen (secondary N) is 1. The Hall–Kier alpha value is -3.12. The van der Waals surface area contributed by atoms with Gasteiger partial charge in [-0.2, -0.15) is 5.26 Å². The number of nitrogens with zero attached hydrogens (tertiary/aromatic N) is 2. The summed E-state index contributed by atoms with van der Waals surface area (Å²) in [5, 5.41) is 11.7. The molecule has 0 aliphatic rings. The van der Waals surface area contributed by atoms with Crippen molar-refractivity contribution in [3.63, 3.8) is 0 Å². The Morgan fingerprint density at radius 3 is 2.32 bits per heavy atom. The fourth-order valence-electron chi connectivity index (χ4n) is 2.67. The molecule has 0 aliphatic heterocycles. The number of hydrogen-bond donors (Lipinski definition) is 1. The van der Waals surface area contributed by atoms with E-state index in [0.29, 0.717) is 5.69 Å². The minimum Gasteiger partial charge on any atom is -0.322 e. The molecule has 0 spiro atoms. The van der Waals surface area contributed by atoms with Crippen LogP contribution in [-0.2, 0) is 10.0 Å². The van der Waals surface area contributed by atoms with Crippen molar-refractivity contribution in [1.82, 2.24) is 0 Å². The van der Waals surface area contributed by atoms with Gasteiger partial charge in [0.2, 0.25) is 0 Å². The van der Waals surface area contributed by atoms with E-state index in [1.165, 1.54) is 49.5 Å². The predicted octanol–water partition coefficient (Wildman–Crippen LogP) is 5.08. The number of nitriles is 1. The van der Waals surface area contributed by atoms with Crippen molar-refractivity contribution in [2.24, 2.45) is 0 Å². The van der Waals surface area contributed by atoms with Gasteiger partial charge < -0.3 is 5.32 Å². The average Bonchev–Trinajstić information content (AvgIpc) is 2.74. The summed E-state index contributed by atoms with van der Waals surface area (Å²) < 4.78 is 40.1. The molecule has 0 bridgehead atoms. The van der Waals surface area contributed by atoms with Gasteiger partial charge in [0.1, 0.15) is 11.9 Å². The zero-order valence-corrected chi connectivity index (χ0v) is 18.3. The second-order valence-electron chi connectivity index (χ2n) is 6.35. The number of halogens is 3. The summed E-state index contributed by atoms with van der Waals surface area (Å²) in [6.07, 6.45) is 0. The molecule has 1 N–H and O–H groups in total.